The summed E-state index contributed by atoms with van der Waals surface area (Å²) in [6.07, 6.45) is 6.59. The molecule has 3 heterocycles. The molecule has 120 valence electrons. The Morgan fingerprint density at radius 3 is 2.74 bits per heavy atom. The van der Waals surface area contributed by atoms with Crippen molar-refractivity contribution in [2.45, 2.75) is 37.5 Å². The first-order valence-corrected chi connectivity index (χ1v) is 8.50. The van der Waals surface area contributed by atoms with Gasteiger partial charge < -0.3 is 4.90 Å². The van der Waals surface area contributed by atoms with Gasteiger partial charge in [0.2, 0.25) is 0 Å². The van der Waals surface area contributed by atoms with Crippen LogP contribution in [0.25, 0.3) is 0 Å². The van der Waals surface area contributed by atoms with Crippen LogP contribution in [-0.2, 0) is 0 Å². The highest BCUT2D eigenvalue weighted by Gasteiger charge is 2.46. The van der Waals surface area contributed by atoms with Crippen LogP contribution in [0.4, 0.5) is 0 Å². The standard InChI is InChI=1S/C16H20N6O/c23-16(13-5-6-17-19-13)22-7-11(9-1-2-9)12(8-22)15-18-14(20-21-15)10-3-4-10/h5-6,9-12H,1-4,7-8H2,(H,17,19)(H,18,20,21)/t11-,12+/m1/s1. The van der Waals surface area contributed by atoms with Crippen LogP contribution < -0.4 is 0 Å². The molecule has 0 spiro atoms. The third kappa shape index (κ3) is 2.34. The molecule has 2 aliphatic carbocycles. The first-order valence-electron chi connectivity index (χ1n) is 8.50. The predicted octanol–water partition coefficient (Wildman–Crippen LogP) is 1.67. The normalized spacial score (nSPS) is 27.6. The second-order valence-corrected chi connectivity index (χ2v) is 7.14. The van der Waals surface area contributed by atoms with E-state index < -0.39 is 0 Å². The minimum Gasteiger partial charge on any atom is -0.336 e. The van der Waals surface area contributed by atoms with Gasteiger partial charge in [0.15, 0.2) is 5.82 Å². The Morgan fingerprint density at radius 2 is 2.04 bits per heavy atom. The molecule has 2 N–H and O–H groups in total. The van der Waals surface area contributed by atoms with Crippen molar-refractivity contribution in [3.8, 4) is 0 Å². The van der Waals surface area contributed by atoms with Gasteiger partial charge in [-0.3, -0.25) is 15.0 Å². The molecule has 1 saturated heterocycles. The molecular weight excluding hydrogens is 292 g/mol. The van der Waals surface area contributed by atoms with Gasteiger partial charge in [0.1, 0.15) is 11.5 Å². The number of carbonyl (C=O) groups is 1. The fraction of sp³-hybridized carbons (Fsp3) is 0.625. The van der Waals surface area contributed by atoms with Gasteiger partial charge in [0.25, 0.3) is 5.91 Å². The van der Waals surface area contributed by atoms with E-state index in [2.05, 4.69) is 20.4 Å². The monoisotopic (exact) mass is 312 g/mol. The summed E-state index contributed by atoms with van der Waals surface area (Å²) in [5.41, 5.74) is 0.566. The lowest BCUT2D eigenvalue weighted by molar-refractivity contribution is 0.0779. The Bertz CT molecular complexity index is 715. The fourth-order valence-electron chi connectivity index (χ4n) is 3.81. The zero-order valence-corrected chi connectivity index (χ0v) is 12.9. The van der Waals surface area contributed by atoms with E-state index in [1.165, 1.54) is 25.7 Å². The van der Waals surface area contributed by atoms with Gasteiger partial charge in [-0.15, -0.1) is 0 Å². The van der Waals surface area contributed by atoms with E-state index in [0.717, 1.165) is 30.7 Å². The van der Waals surface area contributed by atoms with E-state index in [4.69, 9.17) is 4.98 Å². The zero-order chi connectivity index (χ0) is 15.4. The minimum absolute atomic E-state index is 0.0394. The number of likely N-dealkylation sites (tertiary alicyclic amines) is 1. The van der Waals surface area contributed by atoms with Crippen LogP contribution in [0, 0.1) is 11.8 Å². The van der Waals surface area contributed by atoms with Gasteiger partial charge >= 0.3 is 0 Å². The average molecular weight is 312 g/mol. The fourth-order valence-corrected chi connectivity index (χ4v) is 3.81. The smallest absolute Gasteiger partial charge is 0.271 e. The van der Waals surface area contributed by atoms with E-state index in [9.17, 15) is 4.79 Å². The second kappa shape index (κ2) is 4.91. The number of aromatic amines is 2. The number of nitrogens with one attached hydrogen (secondary N) is 2. The van der Waals surface area contributed by atoms with E-state index in [1.54, 1.807) is 12.3 Å². The quantitative estimate of drug-likeness (QED) is 0.898. The molecule has 2 aromatic heterocycles. The van der Waals surface area contributed by atoms with Crippen molar-refractivity contribution in [1.29, 1.82) is 0 Å². The summed E-state index contributed by atoms with van der Waals surface area (Å²) in [6, 6.07) is 1.74. The van der Waals surface area contributed by atoms with Crippen LogP contribution in [0.5, 0.6) is 0 Å². The molecular formula is C16H20N6O. The Morgan fingerprint density at radius 1 is 1.17 bits per heavy atom. The van der Waals surface area contributed by atoms with Crippen molar-refractivity contribution in [1.82, 2.24) is 30.3 Å². The summed E-state index contributed by atoms with van der Waals surface area (Å²) in [6.45, 7) is 1.53. The van der Waals surface area contributed by atoms with Gasteiger partial charge in [-0.1, -0.05) is 0 Å². The molecule has 3 aliphatic rings. The molecule has 0 radical (unpaired) electrons. The van der Waals surface area contributed by atoms with Crippen molar-refractivity contribution in [2.75, 3.05) is 13.1 Å². The molecule has 0 unspecified atom stereocenters. The maximum absolute atomic E-state index is 12.6. The average Bonchev–Trinajstić information content (AvgIpc) is 3.43. The molecule has 2 aromatic rings. The lowest BCUT2D eigenvalue weighted by Gasteiger charge is -2.14. The lowest BCUT2D eigenvalue weighted by Crippen LogP contribution is -2.29. The van der Waals surface area contributed by atoms with Crippen LogP contribution in [-0.4, -0.2) is 49.3 Å². The molecule has 7 heteroatoms. The third-order valence-corrected chi connectivity index (χ3v) is 5.42. The second-order valence-electron chi connectivity index (χ2n) is 7.14. The van der Waals surface area contributed by atoms with E-state index in [-0.39, 0.29) is 11.8 Å². The summed E-state index contributed by atoms with van der Waals surface area (Å²) < 4.78 is 0. The molecule has 3 fully saturated rings. The number of hydrogen-bond donors (Lipinski definition) is 2. The number of H-pyrrole nitrogens is 2. The number of carbonyl (C=O) groups excluding carboxylic acids is 1. The molecule has 2 atom stereocenters. The molecule has 1 aliphatic heterocycles. The number of amides is 1. The Kier molecular flexibility index (Phi) is 2.83. The van der Waals surface area contributed by atoms with Crippen molar-refractivity contribution < 1.29 is 4.79 Å². The topological polar surface area (TPSA) is 90.6 Å². The van der Waals surface area contributed by atoms with Gasteiger partial charge in [-0.2, -0.15) is 10.2 Å². The Hall–Kier alpha value is -2.18. The Labute approximate surface area is 133 Å². The predicted molar refractivity (Wildman–Crippen MR) is 81.8 cm³/mol. The van der Waals surface area contributed by atoms with Crippen LogP contribution in [0.3, 0.4) is 0 Å². The minimum atomic E-state index is 0.0394. The van der Waals surface area contributed by atoms with Crippen LogP contribution in [0.2, 0.25) is 0 Å². The van der Waals surface area contributed by atoms with Crippen molar-refractivity contribution in [3.05, 3.63) is 29.6 Å². The van der Waals surface area contributed by atoms with Crippen LogP contribution >= 0.6 is 0 Å². The summed E-state index contributed by atoms with van der Waals surface area (Å²) in [5, 5.41) is 14.2. The van der Waals surface area contributed by atoms with E-state index in [1.807, 2.05) is 4.90 Å². The van der Waals surface area contributed by atoms with E-state index >= 15 is 0 Å². The number of hydrogen-bond acceptors (Lipinski definition) is 4. The molecule has 1 amide bonds. The lowest BCUT2D eigenvalue weighted by atomic mass is 9.91. The van der Waals surface area contributed by atoms with Crippen LogP contribution in [0.1, 0.15) is 59.7 Å². The number of nitrogens with zero attached hydrogens (tertiary/aromatic N) is 4. The molecule has 5 rings (SSSR count). The van der Waals surface area contributed by atoms with Crippen molar-refractivity contribution in [2.24, 2.45) is 11.8 Å². The van der Waals surface area contributed by atoms with Gasteiger partial charge in [-0.25, -0.2) is 4.98 Å². The zero-order valence-electron chi connectivity index (χ0n) is 12.9. The van der Waals surface area contributed by atoms with Crippen molar-refractivity contribution >= 4 is 5.91 Å². The summed E-state index contributed by atoms with van der Waals surface area (Å²) in [7, 11) is 0. The maximum atomic E-state index is 12.6. The molecule has 0 bridgehead atoms. The number of rotatable bonds is 4. The molecule has 2 saturated carbocycles. The largest absolute Gasteiger partial charge is 0.336 e. The maximum Gasteiger partial charge on any atom is 0.271 e. The summed E-state index contributed by atoms with van der Waals surface area (Å²) >= 11 is 0. The highest BCUT2D eigenvalue weighted by atomic mass is 16.2. The van der Waals surface area contributed by atoms with E-state index in [0.29, 0.717) is 17.5 Å². The van der Waals surface area contributed by atoms with Gasteiger partial charge in [0.05, 0.1) is 0 Å². The van der Waals surface area contributed by atoms with Gasteiger partial charge in [-0.05, 0) is 43.6 Å². The highest BCUT2D eigenvalue weighted by Crippen LogP contribution is 2.47. The van der Waals surface area contributed by atoms with Crippen LogP contribution in [0.15, 0.2) is 12.3 Å². The van der Waals surface area contributed by atoms with Crippen molar-refractivity contribution in [3.63, 3.8) is 0 Å². The third-order valence-electron chi connectivity index (χ3n) is 5.42. The Balaban J connectivity index is 1.39. The molecule has 23 heavy (non-hydrogen) atoms. The SMILES string of the molecule is O=C(c1ccn[nH]1)N1C[C@H](c2nc(C3CC3)n[nH]2)[C@@H](C2CC2)C1. The summed E-state index contributed by atoms with van der Waals surface area (Å²) in [5.74, 6) is 4.06. The number of aromatic nitrogens is 5. The molecule has 0 aromatic carbocycles. The van der Waals surface area contributed by atoms with Gasteiger partial charge in [0, 0.05) is 31.1 Å². The first-order chi connectivity index (χ1) is 11.3. The molecule has 7 nitrogen and oxygen atoms in total. The summed E-state index contributed by atoms with van der Waals surface area (Å²) in [4.78, 5) is 19.3. The highest BCUT2D eigenvalue weighted by molar-refractivity contribution is 5.92. The first kappa shape index (κ1) is 13.3.